The van der Waals surface area contributed by atoms with Gasteiger partial charge in [-0.1, -0.05) is 29.8 Å². The van der Waals surface area contributed by atoms with Gasteiger partial charge >= 0.3 is 5.97 Å². The lowest BCUT2D eigenvalue weighted by atomic mass is 9.78. The van der Waals surface area contributed by atoms with E-state index in [4.69, 9.17) is 22.1 Å². The van der Waals surface area contributed by atoms with Crippen molar-refractivity contribution < 1.29 is 9.53 Å². The van der Waals surface area contributed by atoms with E-state index in [0.29, 0.717) is 16.4 Å². The Hall–Kier alpha value is -1.81. The van der Waals surface area contributed by atoms with Crippen LogP contribution in [0, 0.1) is 5.92 Å². The summed E-state index contributed by atoms with van der Waals surface area (Å²) in [4.78, 5) is 16.9. The third-order valence-corrected chi connectivity index (χ3v) is 4.07. The van der Waals surface area contributed by atoms with Gasteiger partial charge in [0, 0.05) is 22.3 Å². The van der Waals surface area contributed by atoms with Crippen molar-refractivity contribution in [3.63, 3.8) is 0 Å². The molecular formula is C17H21ClN2O2. The minimum atomic E-state index is -0.550. The summed E-state index contributed by atoms with van der Waals surface area (Å²) in [5.74, 6) is -1.22. The van der Waals surface area contributed by atoms with Crippen LogP contribution in [0.3, 0.4) is 0 Å². The number of carbonyl (C=O) groups is 1. The average Bonchev–Trinajstić information content (AvgIpc) is 2.42. The maximum atomic E-state index is 12.5. The molecule has 22 heavy (non-hydrogen) atoms. The van der Waals surface area contributed by atoms with E-state index in [1.165, 1.54) is 0 Å². The van der Waals surface area contributed by atoms with Crippen molar-refractivity contribution in [3.8, 4) is 0 Å². The molecule has 2 rings (SSSR count). The van der Waals surface area contributed by atoms with Crippen LogP contribution in [0.2, 0.25) is 5.02 Å². The van der Waals surface area contributed by atoms with Crippen molar-refractivity contribution in [2.24, 2.45) is 16.6 Å². The zero-order valence-electron chi connectivity index (χ0n) is 13.3. The molecule has 2 unspecified atom stereocenters. The summed E-state index contributed by atoms with van der Waals surface area (Å²) in [6.07, 6.45) is -0.194. The van der Waals surface area contributed by atoms with E-state index >= 15 is 0 Å². The Morgan fingerprint density at radius 1 is 1.32 bits per heavy atom. The molecular weight excluding hydrogens is 300 g/mol. The van der Waals surface area contributed by atoms with Crippen LogP contribution in [0.4, 0.5) is 0 Å². The summed E-state index contributed by atoms with van der Waals surface area (Å²) in [6, 6.07) is 7.42. The molecule has 1 heterocycles. The van der Waals surface area contributed by atoms with Crippen molar-refractivity contribution in [1.29, 1.82) is 0 Å². The highest BCUT2D eigenvalue weighted by atomic mass is 35.5. The van der Waals surface area contributed by atoms with Crippen LogP contribution in [-0.2, 0) is 9.53 Å². The van der Waals surface area contributed by atoms with E-state index in [9.17, 15) is 4.79 Å². The predicted molar refractivity (Wildman–Crippen MR) is 88.9 cm³/mol. The molecule has 0 saturated heterocycles. The number of allylic oxidation sites excluding steroid dienone is 2. The molecule has 0 fully saturated rings. The summed E-state index contributed by atoms with van der Waals surface area (Å²) in [7, 11) is 0. The predicted octanol–water partition coefficient (Wildman–Crippen LogP) is 3.66. The highest BCUT2D eigenvalue weighted by Crippen LogP contribution is 2.39. The minimum Gasteiger partial charge on any atom is -0.462 e. The molecule has 1 aliphatic heterocycles. The van der Waals surface area contributed by atoms with Crippen LogP contribution >= 0.6 is 11.6 Å². The van der Waals surface area contributed by atoms with Gasteiger partial charge in [-0.3, -0.25) is 9.79 Å². The van der Waals surface area contributed by atoms with Crippen molar-refractivity contribution in [3.05, 3.63) is 46.2 Å². The molecule has 0 aliphatic carbocycles. The second-order valence-electron chi connectivity index (χ2n) is 5.76. The molecule has 0 spiro atoms. The van der Waals surface area contributed by atoms with Gasteiger partial charge in [-0.25, -0.2) is 0 Å². The Bertz CT molecular complexity index is 650. The zero-order valence-corrected chi connectivity index (χ0v) is 14.0. The molecule has 0 amide bonds. The Balaban J connectivity index is 2.52. The lowest BCUT2D eigenvalue weighted by molar-refractivity contribution is -0.150. The van der Waals surface area contributed by atoms with Crippen LogP contribution in [0.1, 0.15) is 39.2 Å². The van der Waals surface area contributed by atoms with Crippen LogP contribution in [-0.4, -0.2) is 17.8 Å². The van der Waals surface area contributed by atoms with Crippen LogP contribution in [0.5, 0.6) is 0 Å². The lowest BCUT2D eigenvalue weighted by Gasteiger charge is -2.31. The van der Waals surface area contributed by atoms with Gasteiger partial charge < -0.3 is 10.5 Å². The number of halogens is 1. The van der Waals surface area contributed by atoms with Gasteiger partial charge in [0.2, 0.25) is 0 Å². The number of hydrogen-bond donors (Lipinski definition) is 1. The summed E-state index contributed by atoms with van der Waals surface area (Å²) >= 11 is 6.32. The zero-order chi connectivity index (χ0) is 16.4. The minimum absolute atomic E-state index is 0.194. The molecule has 1 aromatic rings. The monoisotopic (exact) mass is 320 g/mol. The number of rotatable bonds is 3. The molecule has 1 aromatic carbocycles. The smallest absolute Gasteiger partial charge is 0.315 e. The average molecular weight is 321 g/mol. The van der Waals surface area contributed by atoms with Crippen LogP contribution < -0.4 is 5.73 Å². The van der Waals surface area contributed by atoms with Crippen molar-refractivity contribution in [1.82, 2.24) is 0 Å². The fraction of sp³-hybridized carbons (Fsp3) is 0.412. The molecule has 5 heteroatoms. The van der Waals surface area contributed by atoms with Gasteiger partial charge in [-0.05, 0) is 39.3 Å². The summed E-state index contributed by atoms with van der Waals surface area (Å²) in [5.41, 5.74) is 9.05. The number of aliphatic imine (C=N–C) groups is 1. The number of nitrogens with two attached hydrogens (primary N) is 1. The van der Waals surface area contributed by atoms with Crippen LogP contribution in [0.15, 0.2) is 40.7 Å². The molecule has 1 aliphatic rings. The number of carbonyl (C=O) groups excluding carboxylic acids is 1. The largest absolute Gasteiger partial charge is 0.462 e. The Labute approximate surface area is 136 Å². The summed E-state index contributed by atoms with van der Waals surface area (Å²) in [5, 5.41) is 0.584. The Morgan fingerprint density at radius 3 is 2.55 bits per heavy atom. The SMILES string of the molecule is CC1=NC(C)=C(N)C(c2ccccc2Cl)C1C(=O)OC(C)C. The van der Waals surface area contributed by atoms with Gasteiger partial charge in [0.05, 0.1) is 11.8 Å². The number of benzene rings is 1. The van der Waals surface area contributed by atoms with Crippen molar-refractivity contribution in [2.45, 2.75) is 39.7 Å². The number of nitrogens with zero attached hydrogens (tertiary/aromatic N) is 1. The van der Waals surface area contributed by atoms with E-state index in [2.05, 4.69) is 4.99 Å². The third-order valence-electron chi connectivity index (χ3n) is 3.73. The molecule has 0 aromatic heterocycles. The van der Waals surface area contributed by atoms with E-state index in [-0.39, 0.29) is 18.0 Å². The molecule has 2 N–H and O–H groups in total. The number of hydrogen-bond acceptors (Lipinski definition) is 4. The Morgan fingerprint density at radius 2 is 1.95 bits per heavy atom. The fourth-order valence-corrected chi connectivity index (χ4v) is 2.98. The van der Waals surface area contributed by atoms with E-state index in [0.717, 1.165) is 11.3 Å². The normalized spacial score (nSPS) is 21.8. The van der Waals surface area contributed by atoms with Gasteiger partial charge in [-0.2, -0.15) is 0 Å². The topological polar surface area (TPSA) is 64.7 Å². The van der Waals surface area contributed by atoms with Crippen molar-refractivity contribution in [2.75, 3.05) is 0 Å². The molecule has 0 radical (unpaired) electrons. The van der Waals surface area contributed by atoms with E-state index < -0.39 is 5.92 Å². The quantitative estimate of drug-likeness (QED) is 0.864. The van der Waals surface area contributed by atoms with Gasteiger partial charge in [0.25, 0.3) is 0 Å². The molecule has 0 saturated carbocycles. The molecule has 118 valence electrons. The second-order valence-corrected chi connectivity index (χ2v) is 6.16. The Kier molecular flexibility index (Phi) is 4.91. The van der Waals surface area contributed by atoms with E-state index in [1.807, 2.05) is 45.9 Å². The summed E-state index contributed by atoms with van der Waals surface area (Å²) < 4.78 is 5.39. The summed E-state index contributed by atoms with van der Waals surface area (Å²) in [6.45, 7) is 7.31. The molecule has 2 atom stereocenters. The van der Waals surface area contributed by atoms with Gasteiger partial charge in [0.15, 0.2) is 0 Å². The maximum absolute atomic E-state index is 12.5. The van der Waals surface area contributed by atoms with E-state index in [1.54, 1.807) is 6.07 Å². The van der Waals surface area contributed by atoms with Gasteiger partial charge in [0.1, 0.15) is 5.92 Å². The highest BCUT2D eigenvalue weighted by Gasteiger charge is 2.39. The standard InChI is InChI=1S/C17H21ClN2O2/c1-9(2)22-17(21)14-10(3)20-11(4)16(19)15(14)12-7-5-6-8-13(12)18/h5-9,14-15H,19H2,1-4H3. The highest BCUT2D eigenvalue weighted by molar-refractivity contribution is 6.31. The lowest BCUT2D eigenvalue weighted by Crippen LogP contribution is -2.37. The first kappa shape index (κ1) is 16.6. The first-order valence-corrected chi connectivity index (χ1v) is 7.67. The van der Waals surface area contributed by atoms with Crippen LogP contribution in [0.25, 0.3) is 0 Å². The first-order valence-electron chi connectivity index (χ1n) is 7.29. The number of ether oxygens (including phenoxy) is 1. The first-order chi connectivity index (χ1) is 10.3. The second kappa shape index (κ2) is 6.53. The molecule has 0 bridgehead atoms. The molecule has 4 nitrogen and oxygen atoms in total. The third kappa shape index (κ3) is 3.17. The maximum Gasteiger partial charge on any atom is 0.315 e. The number of esters is 1. The van der Waals surface area contributed by atoms with Gasteiger partial charge in [-0.15, -0.1) is 0 Å². The fourth-order valence-electron chi connectivity index (χ4n) is 2.73. The van der Waals surface area contributed by atoms with Crippen molar-refractivity contribution >= 4 is 23.3 Å².